The second-order valence-electron chi connectivity index (χ2n) is 8.14. The fourth-order valence-electron chi connectivity index (χ4n) is 4.92. The molecule has 0 saturated heterocycles. The Labute approximate surface area is 161 Å². The molecule has 0 bridgehead atoms. The van der Waals surface area contributed by atoms with Crippen molar-refractivity contribution in [3.63, 3.8) is 0 Å². The Hall–Kier alpha value is -2.17. The van der Waals surface area contributed by atoms with Crippen molar-refractivity contribution in [2.24, 2.45) is 22.7 Å². The third kappa shape index (κ3) is 3.17. The highest BCUT2D eigenvalue weighted by Gasteiger charge is 2.78. The first-order valence-corrected chi connectivity index (χ1v) is 9.45. The number of rotatable bonds is 7. The Kier molecular flexibility index (Phi) is 5.83. The standard InChI is InChI=1S/C22H30O5/c1-7-8-9-10-15-14(3)16(12-17(15)23)22(20(25)26)18(21(22,4)5)11-13(2)19(24)27-6/h8-9,11,16,18H,7,10,12H2,1-6H3,(H,25,26)/t16-,18+,22-/m0/s1. The van der Waals surface area contributed by atoms with Crippen LogP contribution in [0.1, 0.15) is 53.9 Å². The van der Waals surface area contributed by atoms with E-state index in [9.17, 15) is 19.5 Å². The van der Waals surface area contributed by atoms with Crippen molar-refractivity contribution in [2.45, 2.75) is 53.9 Å². The lowest BCUT2D eigenvalue weighted by Gasteiger charge is -2.24. The zero-order chi connectivity index (χ0) is 20.6. The molecule has 1 N–H and O–H groups in total. The summed E-state index contributed by atoms with van der Waals surface area (Å²) in [6, 6.07) is 0. The fourth-order valence-corrected chi connectivity index (χ4v) is 4.92. The van der Waals surface area contributed by atoms with Crippen molar-refractivity contribution in [1.82, 2.24) is 0 Å². The van der Waals surface area contributed by atoms with Gasteiger partial charge >= 0.3 is 11.9 Å². The van der Waals surface area contributed by atoms with Crippen molar-refractivity contribution in [2.75, 3.05) is 7.11 Å². The number of hydrogen-bond donors (Lipinski definition) is 1. The van der Waals surface area contributed by atoms with Crippen LogP contribution in [0.2, 0.25) is 0 Å². The number of carbonyl (C=O) groups is 3. The molecule has 0 aromatic heterocycles. The molecule has 0 radical (unpaired) electrons. The fraction of sp³-hybridized carbons (Fsp3) is 0.591. The first kappa shape index (κ1) is 21.1. The summed E-state index contributed by atoms with van der Waals surface area (Å²) in [5.41, 5.74) is 0.367. The molecule has 2 rings (SSSR count). The van der Waals surface area contributed by atoms with Gasteiger partial charge in [0.2, 0.25) is 0 Å². The predicted octanol–water partition coefficient (Wildman–Crippen LogP) is 4.09. The molecule has 1 saturated carbocycles. The molecule has 1 fully saturated rings. The number of carboxylic acids is 1. The zero-order valence-electron chi connectivity index (χ0n) is 17.1. The zero-order valence-corrected chi connectivity index (χ0v) is 17.1. The second-order valence-corrected chi connectivity index (χ2v) is 8.14. The third-order valence-corrected chi connectivity index (χ3v) is 6.53. The van der Waals surface area contributed by atoms with E-state index in [0.717, 1.165) is 17.6 Å². The number of ether oxygens (including phenoxy) is 1. The summed E-state index contributed by atoms with van der Waals surface area (Å²) in [5, 5.41) is 10.2. The Morgan fingerprint density at radius 2 is 1.93 bits per heavy atom. The Morgan fingerprint density at radius 3 is 2.44 bits per heavy atom. The van der Waals surface area contributed by atoms with Crippen LogP contribution in [0.4, 0.5) is 0 Å². The minimum atomic E-state index is -1.09. The van der Waals surface area contributed by atoms with E-state index in [1.807, 2.05) is 39.8 Å². The van der Waals surface area contributed by atoms with Crippen LogP contribution < -0.4 is 0 Å². The Balaban J connectivity index is 2.46. The number of esters is 1. The van der Waals surface area contributed by atoms with E-state index in [4.69, 9.17) is 4.74 Å². The summed E-state index contributed by atoms with van der Waals surface area (Å²) in [7, 11) is 1.31. The van der Waals surface area contributed by atoms with E-state index in [0.29, 0.717) is 12.0 Å². The van der Waals surface area contributed by atoms with Gasteiger partial charge in [-0.3, -0.25) is 9.59 Å². The molecule has 0 unspecified atom stereocenters. The number of hydrogen-bond acceptors (Lipinski definition) is 4. The molecule has 5 nitrogen and oxygen atoms in total. The van der Waals surface area contributed by atoms with Gasteiger partial charge in [-0.2, -0.15) is 0 Å². The smallest absolute Gasteiger partial charge is 0.333 e. The molecule has 148 valence electrons. The van der Waals surface area contributed by atoms with Crippen molar-refractivity contribution >= 4 is 17.7 Å². The van der Waals surface area contributed by atoms with Gasteiger partial charge in [0.25, 0.3) is 0 Å². The van der Waals surface area contributed by atoms with E-state index in [-0.39, 0.29) is 24.0 Å². The van der Waals surface area contributed by atoms with Gasteiger partial charge in [-0.25, -0.2) is 4.79 Å². The summed E-state index contributed by atoms with van der Waals surface area (Å²) in [4.78, 5) is 36.8. The molecule has 5 heteroatoms. The molecular formula is C22H30O5. The van der Waals surface area contributed by atoms with Crippen LogP contribution in [0.15, 0.2) is 34.9 Å². The first-order chi connectivity index (χ1) is 12.6. The molecule has 0 aromatic carbocycles. The minimum absolute atomic E-state index is 0.0361. The quantitative estimate of drug-likeness (QED) is 0.412. The average molecular weight is 374 g/mol. The summed E-state index contributed by atoms with van der Waals surface area (Å²) in [6.07, 6.45) is 7.37. The lowest BCUT2D eigenvalue weighted by molar-refractivity contribution is -0.147. The number of carbonyl (C=O) groups excluding carboxylic acids is 2. The topological polar surface area (TPSA) is 80.7 Å². The molecule has 2 aliphatic carbocycles. The molecule has 0 aliphatic heterocycles. The van der Waals surface area contributed by atoms with Crippen LogP contribution in [-0.4, -0.2) is 29.9 Å². The largest absolute Gasteiger partial charge is 0.481 e. The van der Waals surface area contributed by atoms with Gasteiger partial charge in [0.05, 0.1) is 12.5 Å². The first-order valence-electron chi connectivity index (χ1n) is 9.45. The molecule has 0 spiro atoms. The second kappa shape index (κ2) is 7.45. The number of methoxy groups -OCH3 is 1. The normalized spacial score (nSPS) is 30.1. The number of allylic oxidation sites excluding steroid dienone is 5. The van der Waals surface area contributed by atoms with Crippen LogP contribution in [0, 0.1) is 22.7 Å². The van der Waals surface area contributed by atoms with Crippen LogP contribution >= 0.6 is 0 Å². The third-order valence-electron chi connectivity index (χ3n) is 6.53. The van der Waals surface area contributed by atoms with Gasteiger partial charge in [-0.15, -0.1) is 0 Å². The van der Waals surface area contributed by atoms with Crippen LogP contribution in [0.3, 0.4) is 0 Å². The van der Waals surface area contributed by atoms with Gasteiger partial charge in [-0.1, -0.05) is 44.6 Å². The monoisotopic (exact) mass is 374 g/mol. The Morgan fingerprint density at radius 1 is 1.30 bits per heavy atom. The van der Waals surface area contributed by atoms with Crippen LogP contribution in [0.25, 0.3) is 0 Å². The van der Waals surface area contributed by atoms with E-state index in [2.05, 4.69) is 0 Å². The number of aliphatic carboxylic acids is 1. The molecule has 0 heterocycles. The molecule has 0 amide bonds. The maximum absolute atomic E-state index is 12.6. The molecule has 27 heavy (non-hydrogen) atoms. The minimum Gasteiger partial charge on any atom is -0.481 e. The van der Waals surface area contributed by atoms with Gasteiger partial charge in [0.15, 0.2) is 5.78 Å². The SMILES string of the molecule is CCC=CCC1=C(C)[C@@H]([C@@]2(C(=O)O)[C@H](C=C(C)C(=O)OC)C2(C)C)CC1=O. The highest BCUT2D eigenvalue weighted by molar-refractivity contribution is 6.01. The van der Waals surface area contributed by atoms with Crippen LogP contribution in [-0.2, 0) is 19.1 Å². The van der Waals surface area contributed by atoms with Crippen LogP contribution in [0.5, 0.6) is 0 Å². The van der Waals surface area contributed by atoms with E-state index in [1.165, 1.54) is 7.11 Å². The van der Waals surface area contributed by atoms with E-state index < -0.39 is 22.8 Å². The van der Waals surface area contributed by atoms with E-state index in [1.54, 1.807) is 13.0 Å². The highest BCUT2D eigenvalue weighted by Crippen LogP contribution is 2.75. The molecule has 2 aliphatic rings. The van der Waals surface area contributed by atoms with Crippen molar-refractivity contribution in [3.8, 4) is 0 Å². The molecular weight excluding hydrogens is 344 g/mol. The van der Waals surface area contributed by atoms with Crippen molar-refractivity contribution < 1.29 is 24.2 Å². The van der Waals surface area contributed by atoms with Gasteiger partial charge in [0, 0.05) is 23.8 Å². The summed E-state index contributed by atoms with van der Waals surface area (Å²) < 4.78 is 4.75. The predicted molar refractivity (Wildman–Crippen MR) is 103 cm³/mol. The average Bonchev–Trinajstić information content (AvgIpc) is 2.95. The molecule has 0 aromatic rings. The summed E-state index contributed by atoms with van der Waals surface area (Å²) in [5.74, 6) is -2.02. The maximum Gasteiger partial charge on any atom is 0.333 e. The summed E-state index contributed by atoms with van der Waals surface area (Å²) >= 11 is 0. The molecule has 3 atom stereocenters. The van der Waals surface area contributed by atoms with Gasteiger partial charge in [-0.05, 0) is 37.7 Å². The Bertz CT molecular complexity index is 753. The maximum atomic E-state index is 12.6. The highest BCUT2D eigenvalue weighted by atomic mass is 16.5. The number of Topliss-reactive ketones (excluding diaryl/α,β-unsaturated/α-hetero) is 1. The van der Waals surface area contributed by atoms with Crippen molar-refractivity contribution in [1.29, 1.82) is 0 Å². The van der Waals surface area contributed by atoms with Crippen molar-refractivity contribution in [3.05, 3.63) is 34.9 Å². The van der Waals surface area contributed by atoms with E-state index >= 15 is 0 Å². The summed E-state index contributed by atoms with van der Waals surface area (Å²) in [6.45, 7) is 9.36. The lowest BCUT2D eigenvalue weighted by atomic mass is 9.78. The number of ketones is 1. The lowest BCUT2D eigenvalue weighted by Crippen LogP contribution is -2.31. The van der Waals surface area contributed by atoms with Gasteiger partial charge in [0.1, 0.15) is 0 Å². The number of carboxylic acid groups (broad SMARTS) is 1. The van der Waals surface area contributed by atoms with Gasteiger partial charge < -0.3 is 9.84 Å².